The predicted molar refractivity (Wildman–Crippen MR) is 58.8 cm³/mol. The fourth-order valence-electron chi connectivity index (χ4n) is 2.72. The molecule has 2 aliphatic carbocycles. The van der Waals surface area contributed by atoms with E-state index in [1.165, 1.54) is 32.1 Å². The van der Waals surface area contributed by atoms with Crippen molar-refractivity contribution in [3.63, 3.8) is 0 Å². The second-order valence-corrected chi connectivity index (χ2v) is 5.29. The molecule has 0 bridgehead atoms. The van der Waals surface area contributed by atoms with E-state index in [4.69, 9.17) is 5.11 Å². The lowest BCUT2D eigenvalue weighted by molar-refractivity contribution is -0.144. The zero-order valence-electron chi connectivity index (χ0n) is 9.54. The fourth-order valence-corrected chi connectivity index (χ4v) is 2.72. The minimum atomic E-state index is -0.592. The topological polar surface area (TPSA) is 40.5 Å². The molecule has 3 heteroatoms. The summed E-state index contributed by atoms with van der Waals surface area (Å²) >= 11 is 0. The third-order valence-corrected chi connectivity index (χ3v) is 4.06. The second-order valence-electron chi connectivity index (χ2n) is 5.29. The maximum Gasteiger partial charge on any atom is 0.310 e. The fraction of sp³-hybridized carbons (Fsp3) is 0.917. The van der Waals surface area contributed by atoms with Crippen LogP contribution in [0.5, 0.6) is 0 Å². The molecule has 3 nitrogen and oxygen atoms in total. The number of aliphatic carboxylic acids is 1. The van der Waals surface area contributed by atoms with Crippen LogP contribution in [0.25, 0.3) is 0 Å². The maximum absolute atomic E-state index is 11.1. The van der Waals surface area contributed by atoms with Crippen molar-refractivity contribution in [2.45, 2.75) is 51.0 Å². The maximum atomic E-state index is 11.1. The first-order valence-electron chi connectivity index (χ1n) is 6.08. The van der Waals surface area contributed by atoms with Crippen LogP contribution in [0, 0.1) is 5.41 Å². The number of carbonyl (C=O) groups is 1. The Morgan fingerprint density at radius 3 is 2.40 bits per heavy atom. The van der Waals surface area contributed by atoms with E-state index in [1.807, 2.05) is 0 Å². The zero-order valence-corrected chi connectivity index (χ0v) is 9.54. The molecule has 2 saturated carbocycles. The summed E-state index contributed by atoms with van der Waals surface area (Å²) in [5.74, 6) is -0.592. The van der Waals surface area contributed by atoms with Gasteiger partial charge in [-0.15, -0.1) is 0 Å². The minimum absolute atomic E-state index is 0.383. The highest BCUT2D eigenvalue weighted by Gasteiger charge is 2.51. The van der Waals surface area contributed by atoms with Gasteiger partial charge in [-0.2, -0.15) is 0 Å². The summed E-state index contributed by atoms with van der Waals surface area (Å²) in [6.45, 7) is 0.757. The van der Waals surface area contributed by atoms with Crippen LogP contribution in [0.1, 0.15) is 44.9 Å². The molecule has 0 aliphatic heterocycles. The van der Waals surface area contributed by atoms with E-state index in [9.17, 15) is 4.79 Å². The number of rotatable bonds is 4. The average Bonchev–Trinajstić information content (AvgIpc) is 3.00. The zero-order chi connectivity index (χ0) is 10.9. The smallest absolute Gasteiger partial charge is 0.310 e. The Morgan fingerprint density at radius 1 is 1.33 bits per heavy atom. The summed E-state index contributed by atoms with van der Waals surface area (Å²) in [6, 6.07) is 0.635. The van der Waals surface area contributed by atoms with Gasteiger partial charge in [-0.3, -0.25) is 4.79 Å². The van der Waals surface area contributed by atoms with E-state index in [0.29, 0.717) is 6.04 Å². The lowest BCUT2D eigenvalue weighted by Crippen LogP contribution is -2.39. The highest BCUT2D eigenvalue weighted by Crippen LogP contribution is 2.46. The van der Waals surface area contributed by atoms with Crippen molar-refractivity contribution in [3.8, 4) is 0 Å². The Hall–Kier alpha value is -0.570. The molecule has 0 atom stereocenters. The van der Waals surface area contributed by atoms with Gasteiger partial charge in [0, 0.05) is 12.6 Å². The number of hydrogen-bond donors (Lipinski definition) is 1. The van der Waals surface area contributed by atoms with Gasteiger partial charge in [-0.1, -0.05) is 19.3 Å². The number of nitrogens with zero attached hydrogens (tertiary/aromatic N) is 1. The monoisotopic (exact) mass is 211 g/mol. The second kappa shape index (κ2) is 4.12. The highest BCUT2D eigenvalue weighted by atomic mass is 16.4. The molecule has 2 aliphatic rings. The summed E-state index contributed by atoms with van der Waals surface area (Å²) in [5, 5.41) is 9.12. The van der Waals surface area contributed by atoms with Crippen molar-refractivity contribution in [3.05, 3.63) is 0 Å². The number of carboxylic acid groups (broad SMARTS) is 1. The first kappa shape index (κ1) is 10.9. The normalized spacial score (nSPS) is 25.5. The average molecular weight is 211 g/mol. The SMILES string of the molecule is CN(CC1(C(=O)O)CC1)C1CCCCC1. The molecule has 15 heavy (non-hydrogen) atoms. The van der Waals surface area contributed by atoms with E-state index in [1.54, 1.807) is 0 Å². The summed E-state index contributed by atoms with van der Waals surface area (Å²) in [7, 11) is 2.10. The van der Waals surface area contributed by atoms with Gasteiger partial charge < -0.3 is 10.0 Å². The van der Waals surface area contributed by atoms with Gasteiger partial charge in [0.15, 0.2) is 0 Å². The summed E-state index contributed by atoms with van der Waals surface area (Å²) in [5.41, 5.74) is -0.383. The van der Waals surface area contributed by atoms with Gasteiger partial charge in [0.1, 0.15) is 0 Å². The van der Waals surface area contributed by atoms with E-state index >= 15 is 0 Å². The van der Waals surface area contributed by atoms with Gasteiger partial charge in [0.25, 0.3) is 0 Å². The van der Waals surface area contributed by atoms with Crippen LogP contribution < -0.4 is 0 Å². The molecular formula is C12H21NO2. The molecule has 0 radical (unpaired) electrons. The Labute approximate surface area is 91.5 Å². The third-order valence-electron chi connectivity index (χ3n) is 4.06. The molecule has 0 heterocycles. The van der Waals surface area contributed by atoms with Crippen molar-refractivity contribution >= 4 is 5.97 Å². The van der Waals surface area contributed by atoms with Crippen molar-refractivity contribution in [2.24, 2.45) is 5.41 Å². The van der Waals surface area contributed by atoms with E-state index in [-0.39, 0.29) is 5.41 Å². The largest absolute Gasteiger partial charge is 0.481 e. The van der Waals surface area contributed by atoms with Gasteiger partial charge in [-0.25, -0.2) is 0 Å². The van der Waals surface area contributed by atoms with Crippen LogP contribution in [0.2, 0.25) is 0 Å². The summed E-state index contributed by atoms with van der Waals surface area (Å²) in [4.78, 5) is 13.4. The van der Waals surface area contributed by atoms with Crippen LogP contribution in [0.4, 0.5) is 0 Å². The highest BCUT2D eigenvalue weighted by molar-refractivity contribution is 5.78. The molecule has 0 spiro atoms. The molecular weight excluding hydrogens is 190 g/mol. The molecule has 0 aromatic carbocycles. The lowest BCUT2D eigenvalue weighted by atomic mass is 9.93. The van der Waals surface area contributed by atoms with E-state index in [0.717, 1.165) is 19.4 Å². The molecule has 2 fully saturated rings. The van der Waals surface area contributed by atoms with E-state index < -0.39 is 5.97 Å². The van der Waals surface area contributed by atoms with Gasteiger partial charge >= 0.3 is 5.97 Å². The summed E-state index contributed by atoms with van der Waals surface area (Å²) < 4.78 is 0. The van der Waals surface area contributed by atoms with Crippen LogP contribution in [-0.2, 0) is 4.79 Å². The van der Waals surface area contributed by atoms with E-state index in [2.05, 4.69) is 11.9 Å². The Bertz CT molecular complexity index is 242. The predicted octanol–water partition coefficient (Wildman–Crippen LogP) is 2.12. The molecule has 86 valence electrons. The minimum Gasteiger partial charge on any atom is -0.481 e. The van der Waals surface area contributed by atoms with Crippen LogP contribution >= 0.6 is 0 Å². The molecule has 0 aromatic heterocycles. The Morgan fingerprint density at radius 2 is 1.93 bits per heavy atom. The van der Waals surface area contributed by atoms with Crippen molar-refractivity contribution in [2.75, 3.05) is 13.6 Å². The molecule has 0 aromatic rings. The molecule has 0 saturated heterocycles. The number of carboxylic acids is 1. The van der Waals surface area contributed by atoms with Crippen LogP contribution in [0.15, 0.2) is 0 Å². The number of hydrogen-bond acceptors (Lipinski definition) is 2. The molecule has 1 N–H and O–H groups in total. The van der Waals surface area contributed by atoms with Crippen molar-refractivity contribution < 1.29 is 9.90 Å². The van der Waals surface area contributed by atoms with Crippen molar-refractivity contribution in [1.29, 1.82) is 0 Å². The molecule has 0 unspecified atom stereocenters. The van der Waals surface area contributed by atoms with Gasteiger partial charge in [0.2, 0.25) is 0 Å². The first-order valence-corrected chi connectivity index (χ1v) is 6.08. The standard InChI is InChI=1S/C12H21NO2/c1-13(10-5-3-2-4-6-10)9-12(7-8-12)11(14)15/h10H,2-9H2,1H3,(H,14,15). The Kier molecular flexibility index (Phi) is 3.01. The van der Waals surface area contributed by atoms with Gasteiger partial charge in [-0.05, 0) is 32.7 Å². The Balaban J connectivity index is 1.85. The molecule has 0 amide bonds. The third kappa shape index (κ3) is 2.33. The van der Waals surface area contributed by atoms with Crippen molar-refractivity contribution in [1.82, 2.24) is 4.90 Å². The quantitative estimate of drug-likeness (QED) is 0.774. The van der Waals surface area contributed by atoms with Crippen LogP contribution in [-0.4, -0.2) is 35.6 Å². The lowest BCUT2D eigenvalue weighted by Gasteiger charge is -2.32. The van der Waals surface area contributed by atoms with Gasteiger partial charge in [0.05, 0.1) is 5.41 Å². The first-order chi connectivity index (χ1) is 7.14. The summed E-state index contributed by atoms with van der Waals surface area (Å²) in [6.07, 6.45) is 8.25. The molecule has 2 rings (SSSR count). The van der Waals surface area contributed by atoms with Crippen LogP contribution in [0.3, 0.4) is 0 Å².